The van der Waals surface area contributed by atoms with E-state index < -0.39 is 22.0 Å². The van der Waals surface area contributed by atoms with Crippen LogP contribution in [0, 0.1) is 0 Å². The fourth-order valence-electron chi connectivity index (χ4n) is 1.38. The normalized spacial score (nSPS) is 12.8. The van der Waals surface area contributed by atoms with Crippen molar-refractivity contribution in [1.29, 1.82) is 0 Å². The first-order valence-electron chi connectivity index (χ1n) is 5.25. The zero-order valence-electron chi connectivity index (χ0n) is 10.6. The van der Waals surface area contributed by atoms with E-state index in [9.17, 15) is 13.2 Å². The van der Waals surface area contributed by atoms with Gasteiger partial charge < -0.3 is 9.47 Å². The average Bonchev–Trinajstić information content (AvgIpc) is 2.37. The number of carbonyl (C=O) groups is 1. The first-order chi connectivity index (χ1) is 8.81. The molecule has 0 fully saturated rings. The lowest BCUT2D eigenvalue weighted by atomic mass is 10.3. The van der Waals surface area contributed by atoms with Crippen LogP contribution in [0.2, 0.25) is 0 Å². The molecular weight excluding hydrogens is 338 g/mol. The van der Waals surface area contributed by atoms with Crippen LogP contribution in [0.5, 0.6) is 5.75 Å². The second kappa shape index (κ2) is 6.36. The summed E-state index contributed by atoms with van der Waals surface area (Å²) in [5.74, 6) is -0.481. The number of ether oxygens (including phenoxy) is 2. The maximum atomic E-state index is 12.2. The first kappa shape index (κ1) is 15.9. The third-order valence-corrected chi connectivity index (χ3v) is 4.36. The van der Waals surface area contributed by atoms with Gasteiger partial charge in [0.05, 0.1) is 14.2 Å². The molecule has 19 heavy (non-hydrogen) atoms. The Morgan fingerprint density at radius 3 is 2.53 bits per heavy atom. The molecule has 0 aromatic heterocycles. The Balaban J connectivity index is 3.13. The lowest BCUT2D eigenvalue weighted by molar-refractivity contribution is -0.142. The molecule has 1 N–H and O–H groups in total. The second-order valence-corrected chi connectivity index (χ2v) is 6.26. The molecule has 0 amide bonds. The van der Waals surface area contributed by atoms with Crippen molar-refractivity contribution in [3.63, 3.8) is 0 Å². The molecule has 1 atom stereocenters. The van der Waals surface area contributed by atoms with E-state index in [1.807, 2.05) is 0 Å². The lowest BCUT2D eigenvalue weighted by Crippen LogP contribution is -2.39. The van der Waals surface area contributed by atoms with Crippen molar-refractivity contribution in [3.8, 4) is 5.75 Å². The number of methoxy groups -OCH3 is 2. The number of sulfonamides is 1. The fraction of sp³-hybridized carbons (Fsp3) is 0.364. The molecule has 0 aliphatic rings. The van der Waals surface area contributed by atoms with Crippen molar-refractivity contribution in [2.75, 3.05) is 14.2 Å². The van der Waals surface area contributed by atoms with E-state index in [-0.39, 0.29) is 10.6 Å². The Labute approximate surface area is 120 Å². The Bertz CT molecular complexity index is 572. The first-order valence-corrected chi connectivity index (χ1v) is 7.53. The Morgan fingerprint density at radius 2 is 2.00 bits per heavy atom. The van der Waals surface area contributed by atoms with Gasteiger partial charge in [-0.3, -0.25) is 4.79 Å². The average molecular weight is 352 g/mol. The molecule has 0 unspecified atom stereocenters. The van der Waals surface area contributed by atoms with Crippen LogP contribution in [0.4, 0.5) is 0 Å². The van der Waals surface area contributed by atoms with Gasteiger partial charge in [-0.05, 0) is 25.1 Å². The maximum Gasteiger partial charge on any atom is 0.323 e. The smallest absolute Gasteiger partial charge is 0.323 e. The number of hydrogen-bond donors (Lipinski definition) is 1. The summed E-state index contributed by atoms with van der Waals surface area (Å²) in [7, 11) is -1.33. The van der Waals surface area contributed by atoms with Crippen LogP contribution in [0.1, 0.15) is 6.92 Å². The van der Waals surface area contributed by atoms with E-state index in [2.05, 4.69) is 25.4 Å². The minimum Gasteiger partial charge on any atom is -0.495 e. The van der Waals surface area contributed by atoms with Crippen molar-refractivity contribution >= 4 is 31.9 Å². The van der Waals surface area contributed by atoms with Gasteiger partial charge in [-0.1, -0.05) is 15.9 Å². The van der Waals surface area contributed by atoms with Crippen molar-refractivity contribution in [3.05, 3.63) is 22.7 Å². The summed E-state index contributed by atoms with van der Waals surface area (Å²) in [6, 6.07) is 3.58. The molecule has 6 nitrogen and oxygen atoms in total. The third kappa shape index (κ3) is 3.92. The summed E-state index contributed by atoms with van der Waals surface area (Å²) < 4.78 is 36.6. The summed E-state index contributed by atoms with van der Waals surface area (Å²) in [5.41, 5.74) is 0. The molecule has 1 aromatic carbocycles. The van der Waals surface area contributed by atoms with Gasteiger partial charge in [-0.15, -0.1) is 0 Å². The van der Waals surface area contributed by atoms with E-state index in [0.717, 1.165) is 0 Å². The Morgan fingerprint density at radius 1 is 1.37 bits per heavy atom. The van der Waals surface area contributed by atoms with Gasteiger partial charge >= 0.3 is 5.97 Å². The highest BCUT2D eigenvalue weighted by molar-refractivity contribution is 9.10. The number of nitrogens with one attached hydrogen (secondary N) is 1. The van der Waals surface area contributed by atoms with E-state index in [1.165, 1.54) is 33.3 Å². The molecule has 0 spiro atoms. The fourth-order valence-corrected chi connectivity index (χ4v) is 3.28. The number of rotatable bonds is 5. The summed E-state index contributed by atoms with van der Waals surface area (Å²) >= 11 is 3.19. The largest absolute Gasteiger partial charge is 0.495 e. The van der Waals surface area contributed by atoms with Gasteiger partial charge in [0.2, 0.25) is 10.0 Å². The maximum absolute atomic E-state index is 12.2. The molecular formula is C11H14BrNO5S. The predicted octanol–water partition coefficient (Wildman–Crippen LogP) is 1.30. The van der Waals surface area contributed by atoms with Gasteiger partial charge in [0.15, 0.2) is 0 Å². The van der Waals surface area contributed by atoms with Crippen LogP contribution in [-0.4, -0.2) is 34.6 Å². The molecule has 0 bridgehead atoms. The van der Waals surface area contributed by atoms with Crippen LogP contribution >= 0.6 is 15.9 Å². The highest BCUT2D eigenvalue weighted by Gasteiger charge is 2.25. The molecule has 1 rings (SSSR count). The highest BCUT2D eigenvalue weighted by atomic mass is 79.9. The van der Waals surface area contributed by atoms with E-state index >= 15 is 0 Å². The van der Waals surface area contributed by atoms with Crippen molar-refractivity contribution < 1.29 is 22.7 Å². The summed E-state index contributed by atoms with van der Waals surface area (Å²) in [6.07, 6.45) is 0. The van der Waals surface area contributed by atoms with Crippen LogP contribution in [-0.2, 0) is 19.6 Å². The van der Waals surface area contributed by atoms with Gasteiger partial charge in [-0.2, -0.15) is 4.72 Å². The molecule has 106 valence electrons. The van der Waals surface area contributed by atoms with Crippen LogP contribution < -0.4 is 9.46 Å². The number of halogens is 1. The van der Waals surface area contributed by atoms with Gasteiger partial charge in [0.1, 0.15) is 16.7 Å². The summed E-state index contributed by atoms with van der Waals surface area (Å²) in [6.45, 7) is 1.40. The van der Waals surface area contributed by atoms with Gasteiger partial charge in [0, 0.05) is 4.47 Å². The zero-order valence-corrected chi connectivity index (χ0v) is 13.0. The van der Waals surface area contributed by atoms with Crippen molar-refractivity contribution in [2.24, 2.45) is 0 Å². The molecule has 0 aliphatic carbocycles. The third-order valence-electron chi connectivity index (χ3n) is 2.30. The Hall–Kier alpha value is -1.12. The Kier molecular flexibility index (Phi) is 5.33. The topological polar surface area (TPSA) is 81.7 Å². The molecule has 0 saturated carbocycles. The van der Waals surface area contributed by atoms with E-state index in [4.69, 9.17) is 4.74 Å². The molecule has 0 aliphatic heterocycles. The van der Waals surface area contributed by atoms with Crippen LogP contribution in [0.25, 0.3) is 0 Å². The summed E-state index contributed by atoms with van der Waals surface area (Å²) in [5, 5.41) is 0. The molecule has 8 heteroatoms. The quantitative estimate of drug-likeness (QED) is 0.808. The van der Waals surface area contributed by atoms with Crippen molar-refractivity contribution in [2.45, 2.75) is 17.9 Å². The van der Waals surface area contributed by atoms with Gasteiger partial charge in [0.25, 0.3) is 0 Å². The zero-order chi connectivity index (χ0) is 14.6. The van der Waals surface area contributed by atoms with Gasteiger partial charge in [-0.25, -0.2) is 8.42 Å². The number of hydrogen-bond acceptors (Lipinski definition) is 5. The predicted molar refractivity (Wildman–Crippen MR) is 72.5 cm³/mol. The van der Waals surface area contributed by atoms with E-state index in [0.29, 0.717) is 4.47 Å². The summed E-state index contributed by atoms with van der Waals surface area (Å²) in [4.78, 5) is 11.2. The van der Waals surface area contributed by atoms with Crippen LogP contribution in [0.15, 0.2) is 27.6 Å². The number of benzene rings is 1. The van der Waals surface area contributed by atoms with Crippen molar-refractivity contribution in [1.82, 2.24) is 4.72 Å². The van der Waals surface area contributed by atoms with Crippen LogP contribution in [0.3, 0.4) is 0 Å². The molecule has 0 saturated heterocycles. The molecule has 0 heterocycles. The number of carbonyl (C=O) groups excluding carboxylic acids is 1. The number of esters is 1. The second-order valence-electron chi connectivity index (χ2n) is 3.66. The molecule has 0 radical (unpaired) electrons. The SMILES string of the molecule is COC(=O)[C@H](C)NS(=O)(=O)c1cc(Br)ccc1OC. The minimum absolute atomic E-state index is 0.0554. The monoisotopic (exact) mass is 351 g/mol. The highest BCUT2D eigenvalue weighted by Crippen LogP contribution is 2.27. The minimum atomic E-state index is -3.89. The molecule has 1 aromatic rings. The lowest BCUT2D eigenvalue weighted by Gasteiger charge is -2.14. The standard InChI is InChI=1S/C11H14BrNO5S/c1-7(11(14)18-3)13-19(15,16)10-6-8(12)4-5-9(10)17-2/h4-7,13H,1-3H3/t7-/m0/s1. The van der Waals surface area contributed by atoms with E-state index in [1.54, 1.807) is 6.07 Å².